The zero-order chi connectivity index (χ0) is 19.7. The van der Waals surface area contributed by atoms with Crippen LogP contribution in [0.3, 0.4) is 0 Å². The monoisotopic (exact) mass is 374 g/mol. The molecule has 1 amide bonds. The zero-order valence-corrected chi connectivity index (χ0v) is 16.6. The number of nitrogens with one attached hydrogen (secondary N) is 1. The minimum atomic E-state index is -0.133. The van der Waals surface area contributed by atoms with Crippen molar-refractivity contribution in [3.63, 3.8) is 0 Å². The maximum atomic E-state index is 12.4. The number of fused-ring (bicyclic) bond motifs is 1. The molecule has 0 saturated carbocycles. The highest BCUT2D eigenvalue weighted by Crippen LogP contribution is 2.30. The summed E-state index contributed by atoms with van der Waals surface area (Å²) < 4.78 is 0. The lowest BCUT2D eigenvalue weighted by Gasteiger charge is -2.33. The van der Waals surface area contributed by atoms with Crippen LogP contribution in [0.4, 0.5) is 0 Å². The van der Waals surface area contributed by atoms with Gasteiger partial charge in [-0.25, -0.2) is 0 Å². The number of amides is 1. The molecule has 0 aliphatic carbocycles. The zero-order valence-electron chi connectivity index (χ0n) is 16.6. The van der Waals surface area contributed by atoms with Crippen LogP contribution in [0, 0.1) is 0 Å². The van der Waals surface area contributed by atoms with E-state index in [1.54, 1.807) is 4.90 Å². The van der Waals surface area contributed by atoms with Gasteiger partial charge in [-0.2, -0.15) is 5.10 Å². The largest absolute Gasteiger partial charge is 0.347 e. The van der Waals surface area contributed by atoms with Crippen molar-refractivity contribution in [2.24, 2.45) is 0 Å². The molecule has 0 bridgehead atoms. The summed E-state index contributed by atoms with van der Waals surface area (Å²) >= 11 is 0. The molecule has 1 aromatic heterocycles. The average molecular weight is 374 g/mol. The van der Waals surface area contributed by atoms with Crippen LogP contribution in [0.2, 0.25) is 0 Å². The molecule has 1 atom stereocenters. The van der Waals surface area contributed by atoms with Gasteiger partial charge in [0.25, 0.3) is 0 Å². The molecule has 4 rings (SSSR count). The predicted molar refractivity (Wildman–Crippen MR) is 112 cm³/mol. The molecule has 0 saturated heterocycles. The summed E-state index contributed by atoms with van der Waals surface area (Å²) in [5.74, 6) is 0.140. The molecule has 5 heteroatoms. The van der Waals surface area contributed by atoms with Crippen molar-refractivity contribution in [3.05, 3.63) is 65.9 Å². The predicted octanol–water partition coefficient (Wildman–Crippen LogP) is 3.58. The van der Waals surface area contributed by atoms with Gasteiger partial charge in [0.15, 0.2) is 0 Å². The van der Waals surface area contributed by atoms with Crippen molar-refractivity contribution < 1.29 is 4.79 Å². The Morgan fingerprint density at radius 3 is 2.36 bits per heavy atom. The Morgan fingerprint density at radius 1 is 1.04 bits per heavy atom. The number of nitrogens with zero attached hydrogens (tertiary/aromatic N) is 3. The highest BCUT2D eigenvalue weighted by atomic mass is 16.2. The third kappa shape index (κ3) is 3.45. The summed E-state index contributed by atoms with van der Waals surface area (Å²) in [7, 11) is 3.62. The van der Waals surface area contributed by atoms with Gasteiger partial charge in [-0.15, -0.1) is 0 Å². The molecule has 2 heterocycles. The normalized spacial score (nSPS) is 15.1. The second kappa shape index (κ2) is 7.60. The Hall–Kier alpha value is -2.92. The SMILES string of the molecule is CC(C(=O)N(C)C)N1CCc2[nH]nc(-c3ccc(-c4ccccc4)cc3)c2C1. The second-order valence-electron chi connectivity index (χ2n) is 7.60. The molecule has 1 unspecified atom stereocenters. The number of aromatic nitrogens is 2. The molecule has 144 valence electrons. The number of benzene rings is 2. The number of hydrogen-bond acceptors (Lipinski definition) is 3. The maximum Gasteiger partial charge on any atom is 0.239 e. The maximum absolute atomic E-state index is 12.4. The first kappa shape index (κ1) is 18.4. The Kier molecular flexibility index (Phi) is 5.01. The topological polar surface area (TPSA) is 52.2 Å². The van der Waals surface area contributed by atoms with E-state index in [9.17, 15) is 4.79 Å². The summed E-state index contributed by atoms with van der Waals surface area (Å²) in [6.07, 6.45) is 0.884. The number of H-pyrrole nitrogens is 1. The fourth-order valence-corrected chi connectivity index (χ4v) is 3.87. The molecule has 3 aromatic rings. The minimum Gasteiger partial charge on any atom is -0.347 e. The molecule has 0 spiro atoms. The molecule has 28 heavy (non-hydrogen) atoms. The fourth-order valence-electron chi connectivity index (χ4n) is 3.87. The van der Waals surface area contributed by atoms with E-state index in [4.69, 9.17) is 0 Å². The van der Waals surface area contributed by atoms with Gasteiger partial charge in [0.1, 0.15) is 0 Å². The lowest BCUT2D eigenvalue weighted by molar-refractivity contribution is -0.134. The quantitative estimate of drug-likeness (QED) is 0.759. The average Bonchev–Trinajstić information content (AvgIpc) is 3.16. The van der Waals surface area contributed by atoms with Crippen LogP contribution >= 0.6 is 0 Å². The number of likely N-dealkylation sites (N-methyl/N-ethyl adjacent to an activating group) is 1. The molecule has 0 radical (unpaired) electrons. The van der Waals surface area contributed by atoms with E-state index in [1.807, 2.05) is 27.1 Å². The summed E-state index contributed by atoms with van der Waals surface area (Å²) in [6, 6.07) is 18.8. The van der Waals surface area contributed by atoms with Gasteiger partial charge in [-0.1, -0.05) is 54.6 Å². The van der Waals surface area contributed by atoms with Crippen LogP contribution in [0.1, 0.15) is 18.2 Å². The van der Waals surface area contributed by atoms with Crippen molar-refractivity contribution in [3.8, 4) is 22.4 Å². The third-order valence-electron chi connectivity index (χ3n) is 5.57. The highest BCUT2D eigenvalue weighted by Gasteiger charge is 2.29. The lowest BCUT2D eigenvalue weighted by Crippen LogP contribution is -2.46. The molecule has 1 aliphatic rings. The first-order valence-electron chi connectivity index (χ1n) is 9.72. The van der Waals surface area contributed by atoms with Crippen LogP contribution in [0.5, 0.6) is 0 Å². The van der Waals surface area contributed by atoms with Crippen LogP contribution in [-0.4, -0.2) is 52.6 Å². The number of hydrogen-bond donors (Lipinski definition) is 1. The van der Waals surface area contributed by atoms with Gasteiger partial charge < -0.3 is 4.90 Å². The van der Waals surface area contributed by atoms with Crippen LogP contribution in [0.25, 0.3) is 22.4 Å². The number of rotatable bonds is 4. The van der Waals surface area contributed by atoms with Crippen molar-refractivity contribution in [2.45, 2.75) is 25.9 Å². The lowest BCUT2D eigenvalue weighted by atomic mass is 9.98. The van der Waals surface area contributed by atoms with Gasteiger partial charge in [0.2, 0.25) is 5.91 Å². The van der Waals surface area contributed by atoms with Crippen LogP contribution < -0.4 is 0 Å². The number of carbonyl (C=O) groups is 1. The molecule has 1 aliphatic heterocycles. The molecular formula is C23H26N4O. The van der Waals surface area contributed by atoms with Gasteiger partial charge in [-0.05, 0) is 18.1 Å². The number of aromatic amines is 1. The third-order valence-corrected chi connectivity index (χ3v) is 5.57. The van der Waals surface area contributed by atoms with Crippen LogP contribution in [-0.2, 0) is 17.8 Å². The Labute approximate surface area is 166 Å². The molecular weight excluding hydrogens is 348 g/mol. The Balaban J connectivity index is 1.59. The van der Waals surface area contributed by atoms with Gasteiger partial charge in [-0.3, -0.25) is 14.8 Å². The van der Waals surface area contributed by atoms with Crippen LogP contribution in [0.15, 0.2) is 54.6 Å². The molecule has 1 N–H and O–H groups in total. The minimum absolute atomic E-state index is 0.133. The van der Waals surface area contributed by atoms with Crippen molar-refractivity contribution in [2.75, 3.05) is 20.6 Å². The summed E-state index contributed by atoms with van der Waals surface area (Å²) in [4.78, 5) is 16.3. The molecule has 0 fully saturated rings. The van der Waals surface area contributed by atoms with E-state index in [0.29, 0.717) is 0 Å². The summed E-state index contributed by atoms with van der Waals surface area (Å²) in [5, 5.41) is 7.81. The van der Waals surface area contributed by atoms with E-state index >= 15 is 0 Å². The van der Waals surface area contributed by atoms with Gasteiger partial charge in [0, 0.05) is 50.4 Å². The fraction of sp³-hybridized carbons (Fsp3) is 0.304. The van der Waals surface area contributed by atoms with Crippen molar-refractivity contribution in [1.29, 1.82) is 0 Å². The molecule has 5 nitrogen and oxygen atoms in total. The van der Waals surface area contributed by atoms with Gasteiger partial charge >= 0.3 is 0 Å². The summed E-state index contributed by atoms with van der Waals surface area (Å²) in [5.41, 5.74) is 6.88. The Bertz CT molecular complexity index is 960. The first-order chi connectivity index (χ1) is 13.5. The smallest absolute Gasteiger partial charge is 0.239 e. The van der Waals surface area contributed by atoms with Crippen molar-refractivity contribution in [1.82, 2.24) is 20.0 Å². The van der Waals surface area contributed by atoms with Gasteiger partial charge in [0.05, 0.1) is 11.7 Å². The molecule has 2 aromatic carbocycles. The van der Waals surface area contributed by atoms with E-state index in [0.717, 1.165) is 30.8 Å². The Morgan fingerprint density at radius 2 is 1.68 bits per heavy atom. The first-order valence-corrected chi connectivity index (χ1v) is 9.72. The standard InChI is InChI=1S/C23H26N4O/c1-16(23(28)26(2)3)27-14-13-21-20(15-27)22(25-24-21)19-11-9-18(10-12-19)17-7-5-4-6-8-17/h4-12,16H,13-15H2,1-3H3,(H,24,25). The number of carbonyl (C=O) groups excluding carboxylic acids is 1. The van der Waals surface area contributed by atoms with E-state index in [-0.39, 0.29) is 11.9 Å². The van der Waals surface area contributed by atoms with E-state index in [2.05, 4.69) is 63.6 Å². The highest BCUT2D eigenvalue weighted by molar-refractivity contribution is 5.81. The second-order valence-corrected chi connectivity index (χ2v) is 7.60. The van der Waals surface area contributed by atoms with E-state index < -0.39 is 0 Å². The van der Waals surface area contributed by atoms with Crippen molar-refractivity contribution >= 4 is 5.91 Å². The van der Waals surface area contributed by atoms with E-state index in [1.165, 1.54) is 22.4 Å². The summed E-state index contributed by atoms with van der Waals surface area (Å²) in [6.45, 7) is 3.59.